The number of carbonyl (C=O) groups is 2. The molecule has 0 spiro atoms. The van der Waals surface area contributed by atoms with Crippen molar-refractivity contribution in [1.82, 2.24) is 9.97 Å². The van der Waals surface area contributed by atoms with E-state index in [4.69, 9.17) is 4.74 Å². The zero-order valence-electron chi connectivity index (χ0n) is 16.7. The monoisotopic (exact) mass is 436 g/mol. The van der Waals surface area contributed by atoms with Crippen molar-refractivity contribution in [3.05, 3.63) is 76.1 Å². The summed E-state index contributed by atoms with van der Waals surface area (Å²) in [6.45, 7) is 0. The molecule has 2 heterocycles. The van der Waals surface area contributed by atoms with Crippen LogP contribution in [0, 0.1) is 0 Å². The number of aromatic amines is 1. The molecule has 0 radical (unpaired) electrons. The zero-order valence-corrected chi connectivity index (χ0v) is 17.5. The van der Waals surface area contributed by atoms with E-state index in [2.05, 4.69) is 20.6 Å². The fraction of sp³-hybridized carbons (Fsp3) is 0.182. The first kappa shape index (κ1) is 20.7. The van der Waals surface area contributed by atoms with E-state index in [-0.39, 0.29) is 23.7 Å². The number of aromatic nitrogens is 2. The average Bonchev–Trinajstić information content (AvgIpc) is 2.77. The van der Waals surface area contributed by atoms with Crippen LogP contribution in [0.2, 0.25) is 0 Å². The number of hydrogen-bond donors (Lipinski definition) is 3. The SMILES string of the molecule is COc1cccc(NC(=O)[C@H]2CC(=O)Nc3nc(SCc4ccccc4)[nH]c(=O)c32)c1. The van der Waals surface area contributed by atoms with Crippen molar-refractivity contribution in [2.75, 3.05) is 17.7 Å². The van der Waals surface area contributed by atoms with Gasteiger partial charge in [0.05, 0.1) is 18.6 Å². The number of nitrogens with zero attached hydrogens (tertiary/aromatic N) is 1. The molecule has 3 N–H and O–H groups in total. The Labute approximate surface area is 182 Å². The summed E-state index contributed by atoms with van der Waals surface area (Å²) in [7, 11) is 1.53. The van der Waals surface area contributed by atoms with Crippen LogP contribution in [0.25, 0.3) is 0 Å². The number of H-pyrrole nitrogens is 1. The van der Waals surface area contributed by atoms with Gasteiger partial charge in [-0.15, -0.1) is 0 Å². The molecule has 9 heteroatoms. The Kier molecular flexibility index (Phi) is 6.03. The third-order valence-corrected chi connectivity index (χ3v) is 5.75. The number of thioether (sulfide) groups is 1. The van der Waals surface area contributed by atoms with E-state index in [1.807, 2.05) is 30.3 Å². The van der Waals surface area contributed by atoms with Gasteiger partial charge in [0.1, 0.15) is 11.6 Å². The third kappa shape index (κ3) is 4.77. The molecule has 2 amide bonds. The molecule has 0 saturated heterocycles. The number of carbonyl (C=O) groups excluding carboxylic acids is 2. The van der Waals surface area contributed by atoms with Crippen molar-refractivity contribution in [2.24, 2.45) is 0 Å². The maximum Gasteiger partial charge on any atom is 0.257 e. The van der Waals surface area contributed by atoms with Gasteiger partial charge in [0, 0.05) is 23.9 Å². The zero-order chi connectivity index (χ0) is 21.8. The summed E-state index contributed by atoms with van der Waals surface area (Å²) in [5, 5.41) is 5.75. The summed E-state index contributed by atoms with van der Waals surface area (Å²) >= 11 is 1.35. The molecule has 0 unspecified atom stereocenters. The number of fused-ring (bicyclic) bond motifs is 1. The highest BCUT2D eigenvalue weighted by Crippen LogP contribution is 2.31. The van der Waals surface area contributed by atoms with Gasteiger partial charge in [-0.05, 0) is 17.7 Å². The molecule has 1 aliphatic heterocycles. The van der Waals surface area contributed by atoms with Crippen molar-refractivity contribution in [1.29, 1.82) is 0 Å². The number of rotatable bonds is 6. The molecule has 0 aliphatic carbocycles. The minimum absolute atomic E-state index is 0.126. The topological polar surface area (TPSA) is 113 Å². The largest absolute Gasteiger partial charge is 0.497 e. The lowest BCUT2D eigenvalue weighted by Crippen LogP contribution is -2.36. The highest BCUT2D eigenvalue weighted by Gasteiger charge is 2.34. The van der Waals surface area contributed by atoms with Gasteiger partial charge in [-0.25, -0.2) is 4.98 Å². The van der Waals surface area contributed by atoms with Gasteiger partial charge in [-0.2, -0.15) is 0 Å². The van der Waals surface area contributed by atoms with Crippen LogP contribution in [-0.4, -0.2) is 28.9 Å². The number of ether oxygens (including phenoxy) is 1. The maximum atomic E-state index is 12.9. The van der Waals surface area contributed by atoms with Crippen molar-refractivity contribution in [3.63, 3.8) is 0 Å². The first-order valence-corrected chi connectivity index (χ1v) is 10.6. The molecule has 2 aromatic carbocycles. The normalized spacial score (nSPS) is 15.0. The third-order valence-electron chi connectivity index (χ3n) is 4.80. The molecule has 1 aliphatic rings. The molecule has 1 aromatic heterocycles. The van der Waals surface area contributed by atoms with Crippen molar-refractivity contribution in [3.8, 4) is 5.75 Å². The van der Waals surface area contributed by atoms with Crippen molar-refractivity contribution < 1.29 is 14.3 Å². The predicted octanol–water partition coefficient (Wildman–Crippen LogP) is 3.14. The molecule has 0 saturated carbocycles. The Hall–Kier alpha value is -3.59. The van der Waals surface area contributed by atoms with Crippen molar-refractivity contribution >= 4 is 35.1 Å². The molecule has 31 heavy (non-hydrogen) atoms. The van der Waals surface area contributed by atoms with Crippen LogP contribution >= 0.6 is 11.8 Å². The molecule has 3 aromatic rings. The Balaban J connectivity index is 1.57. The maximum absolute atomic E-state index is 12.9. The number of anilines is 2. The molecule has 158 valence electrons. The van der Waals surface area contributed by atoms with Crippen molar-refractivity contribution in [2.45, 2.75) is 23.2 Å². The average molecular weight is 436 g/mol. The van der Waals surface area contributed by atoms with E-state index in [9.17, 15) is 14.4 Å². The lowest BCUT2D eigenvalue weighted by atomic mass is 9.92. The van der Waals surface area contributed by atoms with Gasteiger partial charge in [0.2, 0.25) is 11.8 Å². The van der Waals surface area contributed by atoms with E-state index in [1.165, 1.54) is 18.9 Å². The van der Waals surface area contributed by atoms with Crippen LogP contribution in [0.15, 0.2) is 64.5 Å². The number of benzene rings is 2. The van der Waals surface area contributed by atoms with E-state index in [0.29, 0.717) is 22.3 Å². The second kappa shape index (κ2) is 9.05. The summed E-state index contributed by atoms with van der Waals surface area (Å²) in [6, 6.07) is 16.6. The van der Waals surface area contributed by atoms with Gasteiger partial charge in [0.25, 0.3) is 5.56 Å². The van der Waals surface area contributed by atoms with Gasteiger partial charge < -0.3 is 20.4 Å². The lowest BCUT2D eigenvalue weighted by molar-refractivity contribution is -0.123. The highest BCUT2D eigenvalue weighted by molar-refractivity contribution is 7.98. The van der Waals surface area contributed by atoms with Gasteiger partial charge in [0.15, 0.2) is 5.16 Å². The molecule has 8 nitrogen and oxygen atoms in total. The van der Waals surface area contributed by atoms with Crippen LogP contribution in [-0.2, 0) is 15.3 Å². The fourth-order valence-corrected chi connectivity index (χ4v) is 4.12. The second-order valence-electron chi connectivity index (χ2n) is 6.93. The molecular formula is C22H20N4O4S. The predicted molar refractivity (Wildman–Crippen MR) is 118 cm³/mol. The number of amides is 2. The Morgan fingerprint density at radius 1 is 1.19 bits per heavy atom. The number of methoxy groups -OCH3 is 1. The fourth-order valence-electron chi connectivity index (χ4n) is 3.30. The van der Waals surface area contributed by atoms with Gasteiger partial charge in [-0.1, -0.05) is 48.2 Å². The summed E-state index contributed by atoms with van der Waals surface area (Å²) in [6.07, 6.45) is -0.135. The second-order valence-corrected chi connectivity index (χ2v) is 7.90. The van der Waals surface area contributed by atoms with E-state index in [1.54, 1.807) is 24.3 Å². The summed E-state index contributed by atoms with van der Waals surface area (Å²) < 4.78 is 5.16. The minimum atomic E-state index is -0.945. The lowest BCUT2D eigenvalue weighted by Gasteiger charge is -2.23. The van der Waals surface area contributed by atoms with E-state index >= 15 is 0 Å². The first-order chi connectivity index (χ1) is 15.0. The minimum Gasteiger partial charge on any atom is -0.497 e. The molecule has 4 rings (SSSR count). The van der Waals surface area contributed by atoms with Crippen LogP contribution < -0.4 is 20.9 Å². The van der Waals surface area contributed by atoms with Crippen LogP contribution in [0.4, 0.5) is 11.5 Å². The standard InChI is InChI=1S/C22H20N4O4S/c1-30-15-9-5-8-14(10-15)23-20(28)16-11-17(27)24-19-18(16)21(29)26-22(25-19)31-12-13-6-3-2-4-7-13/h2-10,16H,11-12H2,1H3,(H,23,28)(H2,24,25,26,27,29)/t16-/m0/s1. The van der Waals surface area contributed by atoms with E-state index < -0.39 is 17.4 Å². The Morgan fingerprint density at radius 2 is 2.00 bits per heavy atom. The Bertz CT molecular complexity index is 1180. The van der Waals surface area contributed by atoms with Crippen LogP contribution in [0.3, 0.4) is 0 Å². The van der Waals surface area contributed by atoms with E-state index in [0.717, 1.165) is 5.56 Å². The summed E-state index contributed by atoms with van der Waals surface area (Å²) in [5.74, 6) is -0.451. The summed E-state index contributed by atoms with van der Waals surface area (Å²) in [5.41, 5.74) is 1.30. The highest BCUT2D eigenvalue weighted by atomic mass is 32.2. The van der Waals surface area contributed by atoms with Gasteiger partial charge in [-0.3, -0.25) is 14.4 Å². The quantitative estimate of drug-likeness (QED) is 0.404. The summed E-state index contributed by atoms with van der Waals surface area (Å²) in [4.78, 5) is 45.1. The first-order valence-electron chi connectivity index (χ1n) is 9.59. The van der Waals surface area contributed by atoms with Crippen LogP contribution in [0.5, 0.6) is 5.75 Å². The molecule has 1 atom stereocenters. The number of nitrogens with one attached hydrogen (secondary N) is 3. The number of hydrogen-bond acceptors (Lipinski definition) is 6. The molecule has 0 bridgehead atoms. The van der Waals surface area contributed by atoms with Crippen LogP contribution in [0.1, 0.15) is 23.5 Å². The smallest absolute Gasteiger partial charge is 0.257 e. The molecule has 0 fully saturated rings. The Morgan fingerprint density at radius 3 is 2.77 bits per heavy atom. The van der Waals surface area contributed by atoms with Gasteiger partial charge >= 0.3 is 0 Å². The molecular weight excluding hydrogens is 416 g/mol.